The summed E-state index contributed by atoms with van der Waals surface area (Å²) in [6.07, 6.45) is -0.423. The Bertz CT molecular complexity index is 970. The van der Waals surface area contributed by atoms with E-state index < -0.39 is 23.9 Å². The van der Waals surface area contributed by atoms with Gasteiger partial charge in [0, 0.05) is 15.6 Å². The molecule has 1 amide bonds. The van der Waals surface area contributed by atoms with Crippen LogP contribution in [0.2, 0.25) is 0 Å². The number of methoxy groups -OCH3 is 1. The van der Waals surface area contributed by atoms with Gasteiger partial charge in [0.05, 0.1) is 19.2 Å². The Morgan fingerprint density at radius 2 is 1.83 bits per heavy atom. The summed E-state index contributed by atoms with van der Waals surface area (Å²) in [5.41, 5.74) is 0.123. The van der Waals surface area contributed by atoms with Crippen molar-refractivity contribution in [3.8, 4) is 0 Å². The van der Waals surface area contributed by atoms with Crippen LogP contribution >= 0.6 is 15.9 Å². The number of Topliss-reactive ketones (excluding diaryl/α,β-unsaturated/α-hetero) is 1. The molecule has 2 aromatic carbocycles. The van der Waals surface area contributed by atoms with Gasteiger partial charge in [-0.2, -0.15) is 0 Å². The van der Waals surface area contributed by atoms with Gasteiger partial charge in [0.2, 0.25) is 0 Å². The Hall–Kier alpha value is -2.51. The quantitative estimate of drug-likeness (QED) is 0.527. The van der Waals surface area contributed by atoms with Crippen LogP contribution in [0.1, 0.15) is 47.7 Å². The lowest BCUT2D eigenvalue weighted by Crippen LogP contribution is -2.43. The van der Waals surface area contributed by atoms with Crippen LogP contribution in [-0.2, 0) is 19.9 Å². The fourth-order valence-electron chi connectivity index (χ4n) is 3.43. The number of carbonyl (C=O) groups is 3. The molecule has 1 atom stereocenters. The summed E-state index contributed by atoms with van der Waals surface area (Å²) in [6, 6.07) is 12.1. The molecular weight excluding hydrogens is 438 g/mol. The second kappa shape index (κ2) is 8.08. The van der Waals surface area contributed by atoms with Gasteiger partial charge in [0.1, 0.15) is 6.54 Å². The second-order valence-corrected chi connectivity index (χ2v) is 8.28. The lowest BCUT2D eigenvalue weighted by Gasteiger charge is -2.22. The molecule has 0 aromatic heterocycles. The molecule has 29 heavy (non-hydrogen) atoms. The van der Waals surface area contributed by atoms with Gasteiger partial charge in [0.15, 0.2) is 11.4 Å². The predicted molar refractivity (Wildman–Crippen MR) is 112 cm³/mol. The van der Waals surface area contributed by atoms with Crippen LogP contribution in [0.4, 0.5) is 5.69 Å². The SMILES string of the molecule is COC(=O)CN1C(=O)[C@@](O)(CC(=O)c2ccc(C(C)C)cc2)c2cc(Br)ccc21. The minimum absolute atomic E-state index is 0.285. The lowest BCUT2D eigenvalue weighted by atomic mass is 9.87. The van der Waals surface area contributed by atoms with E-state index in [9.17, 15) is 19.5 Å². The predicted octanol–water partition coefficient (Wildman–Crippen LogP) is 3.55. The average molecular weight is 460 g/mol. The van der Waals surface area contributed by atoms with Crippen molar-refractivity contribution in [3.63, 3.8) is 0 Å². The van der Waals surface area contributed by atoms with E-state index in [1.165, 1.54) is 7.11 Å². The second-order valence-electron chi connectivity index (χ2n) is 7.37. The number of rotatable bonds is 6. The van der Waals surface area contributed by atoms with Crippen molar-refractivity contribution >= 4 is 39.3 Å². The third-order valence-electron chi connectivity index (χ3n) is 5.12. The zero-order chi connectivity index (χ0) is 21.3. The number of aliphatic hydroxyl groups is 1. The number of amides is 1. The maximum atomic E-state index is 13.1. The number of anilines is 1. The van der Waals surface area contributed by atoms with E-state index in [4.69, 9.17) is 0 Å². The highest BCUT2D eigenvalue weighted by Crippen LogP contribution is 2.44. The van der Waals surface area contributed by atoms with Crippen LogP contribution < -0.4 is 4.90 Å². The monoisotopic (exact) mass is 459 g/mol. The molecule has 1 heterocycles. The van der Waals surface area contributed by atoms with E-state index in [0.29, 0.717) is 21.6 Å². The van der Waals surface area contributed by atoms with Crippen LogP contribution in [0.3, 0.4) is 0 Å². The molecule has 0 unspecified atom stereocenters. The zero-order valence-corrected chi connectivity index (χ0v) is 18.0. The summed E-state index contributed by atoms with van der Waals surface area (Å²) >= 11 is 3.34. The van der Waals surface area contributed by atoms with Crippen molar-refractivity contribution in [3.05, 3.63) is 63.6 Å². The molecule has 1 N–H and O–H groups in total. The number of ether oxygens (including phenoxy) is 1. The third-order valence-corrected chi connectivity index (χ3v) is 5.62. The number of halogens is 1. The van der Waals surface area contributed by atoms with Crippen molar-refractivity contribution < 1.29 is 24.2 Å². The number of fused-ring (bicyclic) bond motifs is 1. The number of nitrogens with zero attached hydrogens (tertiary/aromatic N) is 1. The minimum atomic E-state index is -2.05. The summed E-state index contributed by atoms with van der Waals surface area (Å²) in [5, 5.41) is 11.3. The molecule has 0 bridgehead atoms. The smallest absolute Gasteiger partial charge is 0.325 e. The molecule has 1 aliphatic rings. The van der Waals surface area contributed by atoms with Crippen LogP contribution in [0.5, 0.6) is 0 Å². The minimum Gasteiger partial charge on any atom is -0.468 e. The van der Waals surface area contributed by atoms with E-state index in [1.54, 1.807) is 30.3 Å². The molecule has 2 aromatic rings. The van der Waals surface area contributed by atoms with Gasteiger partial charge >= 0.3 is 5.97 Å². The number of hydrogen-bond donors (Lipinski definition) is 1. The highest BCUT2D eigenvalue weighted by Gasteiger charge is 2.51. The normalized spacial score (nSPS) is 18.1. The topological polar surface area (TPSA) is 83.9 Å². The largest absolute Gasteiger partial charge is 0.468 e. The number of esters is 1. The molecule has 7 heteroatoms. The van der Waals surface area contributed by atoms with E-state index in [0.717, 1.165) is 10.5 Å². The van der Waals surface area contributed by atoms with Crippen LogP contribution in [0.25, 0.3) is 0 Å². The van der Waals surface area contributed by atoms with Crippen LogP contribution in [0.15, 0.2) is 46.9 Å². The van der Waals surface area contributed by atoms with E-state index in [1.807, 2.05) is 12.1 Å². The van der Waals surface area contributed by atoms with Gasteiger partial charge in [0.25, 0.3) is 5.91 Å². The molecule has 0 radical (unpaired) electrons. The fourth-order valence-corrected chi connectivity index (χ4v) is 3.79. The van der Waals surface area contributed by atoms with Gasteiger partial charge in [-0.3, -0.25) is 19.3 Å². The Balaban J connectivity index is 1.95. The number of carbonyl (C=O) groups excluding carboxylic acids is 3. The number of benzene rings is 2. The summed E-state index contributed by atoms with van der Waals surface area (Å²) in [4.78, 5) is 38.8. The first-order valence-corrected chi connectivity index (χ1v) is 10.0. The Morgan fingerprint density at radius 1 is 1.17 bits per heavy atom. The van der Waals surface area contributed by atoms with Crippen molar-refractivity contribution in [2.24, 2.45) is 0 Å². The average Bonchev–Trinajstić information content (AvgIpc) is 2.89. The molecule has 0 saturated carbocycles. The standard InChI is InChI=1S/C22H22BrNO5/c1-13(2)14-4-6-15(7-5-14)19(25)11-22(28)17-10-16(23)8-9-18(17)24(21(22)27)12-20(26)29-3/h4-10,13,28H,11-12H2,1-3H3/t22-/m1/s1. The summed E-state index contributed by atoms with van der Waals surface area (Å²) < 4.78 is 5.31. The first kappa shape index (κ1) is 21.2. The Morgan fingerprint density at radius 3 is 2.41 bits per heavy atom. The zero-order valence-electron chi connectivity index (χ0n) is 16.4. The summed E-state index contributed by atoms with van der Waals surface area (Å²) in [5.74, 6) is -1.37. The Labute approximate surface area is 177 Å². The van der Waals surface area contributed by atoms with Crippen molar-refractivity contribution in [2.75, 3.05) is 18.6 Å². The van der Waals surface area contributed by atoms with Gasteiger partial charge in [-0.15, -0.1) is 0 Å². The van der Waals surface area contributed by atoms with Crippen LogP contribution in [-0.4, -0.2) is 36.4 Å². The van der Waals surface area contributed by atoms with Gasteiger partial charge < -0.3 is 9.84 Å². The van der Waals surface area contributed by atoms with Crippen molar-refractivity contribution in [2.45, 2.75) is 31.8 Å². The Kier molecular flexibility index (Phi) is 5.91. The molecule has 0 fully saturated rings. The van der Waals surface area contributed by atoms with Crippen molar-refractivity contribution in [1.82, 2.24) is 0 Å². The van der Waals surface area contributed by atoms with E-state index in [-0.39, 0.29) is 17.9 Å². The molecule has 6 nitrogen and oxygen atoms in total. The first-order chi connectivity index (χ1) is 13.7. The van der Waals surface area contributed by atoms with Gasteiger partial charge in [-0.1, -0.05) is 54.0 Å². The molecule has 0 aliphatic carbocycles. The molecule has 1 aliphatic heterocycles. The molecule has 152 valence electrons. The molecule has 0 saturated heterocycles. The van der Waals surface area contributed by atoms with E-state index >= 15 is 0 Å². The summed E-state index contributed by atoms with van der Waals surface area (Å²) in [7, 11) is 1.22. The van der Waals surface area contributed by atoms with Crippen molar-refractivity contribution in [1.29, 1.82) is 0 Å². The van der Waals surface area contributed by atoms with Crippen LogP contribution in [0, 0.1) is 0 Å². The first-order valence-electron chi connectivity index (χ1n) is 9.21. The highest BCUT2D eigenvalue weighted by molar-refractivity contribution is 9.10. The van der Waals surface area contributed by atoms with Gasteiger partial charge in [-0.05, 0) is 29.7 Å². The maximum absolute atomic E-state index is 13.1. The molecule has 3 rings (SSSR count). The summed E-state index contributed by atoms with van der Waals surface area (Å²) in [6.45, 7) is 3.77. The fraction of sp³-hybridized carbons (Fsp3) is 0.318. The van der Waals surface area contributed by atoms with E-state index in [2.05, 4.69) is 34.5 Å². The molecular formula is C22H22BrNO5. The highest BCUT2D eigenvalue weighted by atomic mass is 79.9. The number of ketones is 1. The maximum Gasteiger partial charge on any atom is 0.325 e. The number of hydrogen-bond acceptors (Lipinski definition) is 5. The molecule has 0 spiro atoms. The van der Waals surface area contributed by atoms with Gasteiger partial charge in [-0.25, -0.2) is 0 Å². The third kappa shape index (κ3) is 3.97. The lowest BCUT2D eigenvalue weighted by molar-refractivity contribution is -0.142.